The molecular formula is C9H14O2. The van der Waals surface area contributed by atoms with Crippen molar-refractivity contribution in [2.75, 3.05) is 0 Å². The Bertz CT molecular complexity index is 184. The summed E-state index contributed by atoms with van der Waals surface area (Å²) in [4.78, 5) is 10.5. The molecule has 0 atom stereocenters. The van der Waals surface area contributed by atoms with Gasteiger partial charge in [-0.25, -0.2) is 4.79 Å². The van der Waals surface area contributed by atoms with Gasteiger partial charge in [0.1, 0.15) is 0 Å². The molecule has 0 aromatic rings. The molecule has 0 saturated carbocycles. The number of carboxylic acids is 1. The summed E-state index contributed by atoms with van der Waals surface area (Å²) in [5.41, 5.74) is 0.922. The molecule has 0 saturated heterocycles. The molecule has 0 fully saturated rings. The Hall–Kier alpha value is -1.05. The van der Waals surface area contributed by atoms with E-state index in [1.165, 1.54) is 0 Å². The second-order valence-corrected chi connectivity index (χ2v) is 2.91. The van der Waals surface area contributed by atoms with Crippen molar-refractivity contribution in [1.29, 1.82) is 0 Å². The minimum Gasteiger partial charge on any atom is -0.478 e. The van der Waals surface area contributed by atoms with Crippen molar-refractivity contribution in [2.45, 2.75) is 20.8 Å². The van der Waals surface area contributed by atoms with E-state index in [0.717, 1.165) is 0 Å². The average molecular weight is 154 g/mol. The zero-order valence-corrected chi connectivity index (χ0v) is 7.22. The molecular weight excluding hydrogens is 140 g/mol. The van der Waals surface area contributed by atoms with E-state index < -0.39 is 5.97 Å². The molecule has 0 aliphatic carbocycles. The highest BCUT2D eigenvalue weighted by Crippen LogP contribution is 2.10. The summed E-state index contributed by atoms with van der Waals surface area (Å²) in [6.07, 6.45) is 1.70. The highest BCUT2D eigenvalue weighted by Gasteiger charge is 2.07. The fourth-order valence-electron chi connectivity index (χ4n) is 0.729. The number of aliphatic carboxylic acids is 1. The van der Waals surface area contributed by atoms with Gasteiger partial charge in [0.2, 0.25) is 0 Å². The van der Waals surface area contributed by atoms with Crippen LogP contribution in [0.15, 0.2) is 23.8 Å². The second kappa shape index (κ2) is 3.96. The van der Waals surface area contributed by atoms with Gasteiger partial charge in [-0.15, -0.1) is 0 Å². The number of hydrogen-bond acceptors (Lipinski definition) is 1. The van der Waals surface area contributed by atoms with E-state index in [2.05, 4.69) is 6.58 Å². The predicted molar refractivity (Wildman–Crippen MR) is 45.4 cm³/mol. The van der Waals surface area contributed by atoms with E-state index in [1.54, 1.807) is 13.0 Å². The van der Waals surface area contributed by atoms with Gasteiger partial charge in [-0.1, -0.05) is 26.5 Å². The third-order valence-electron chi connectivity index (χ3n) is 1.19. The summed E-state index contributed by atoms with van der Waals surface area (Å²) in [6.45, 7) is 9.15. The highest BCUT2D eigenvalue weighted by molar-refractivity contribution is 5.91. The van der Waals surface area contributed by atoms with Gasteiger partial charge in [0.05, 0.1) is 5.57 Å². The molecule has 11 heavy (non-hydrogen) atoms. The van der Waals surface area contributed by atoms with Crippen LogP contribution < -0.4 is 0 Å². The molecule has 0 aromatic carbocycles. The van der Waals surface area contributed by atoms with Gasteiger partial charge in [-0.2, -0.15) is 0 Å². The van der Waals surface area contributed by atoms with Crippen molar-refractivity contribution in [1.82, 2.24) is 0 Å². The van der Waals surface area contributed by atoms with Crippen LogP contribution in [0.1, 0.15) is 20.8 Å². The molecule has 0 aromatic heterocycles. The van der Waals surface area contributed by atoms with E-state index in [-0.39, 0.29) is 5.92 Å². The van der Waals surface area contributed by atoms with Crippen molar-refractivity contribution >= 4 is 5.97 Å². The molecule has 0 aliphatic heterocycles. The van der Waals surface area contributed by atoms with Crippen LogP contribution >= 0.6 is 0 Å². The van der Waals surface area contributed by atoms with Gasteiger partial charge in [0.25, 0.3) is 0 Å². The fourth-order valence-corrected chi connectivity index (χ4v) is 0.729. The van der Waals surface area contributed by atoms with Gasteiger partial charge < -0.3 is 5.11 Å². The largest absolute Gasteiger partial charge is 0.478 e. The van der Waals surface area contributed by atoms with Crippen LogP contribution in [0.4, 0.5) is 0 Å². The molecule has 0 amide bonds. The fraction of sp³-hybridized carbons (Fsp3) is 0.444. The number of allylic oxidation sites excluding steroid dienone is 1. The van der Waals surface area contributed by atoms with Crippen LogP contribution in [-0.4, -0.2) is 11.1 Å². The average Bonchev–Trinajstić information content (AvgIpc) is 1.81. The van der Waals surface area contributed by atoms with Crippen LogP contribution in [-0.2, 0) is 4.79 Å². The van der Waals surface area contributed by atoms with Gasteiger partial charge >= 0.3 is 5.97 Å². The molecule has 62 valence electrons. The third-order valence-corrected chi connectivity index (χ3v) is 1.19. The highest BCUT2D eigenvalue weighted by atomic mass is 16.4. The topological polar surface area (TPSA) is 37.3 Å². The summed E-state index contributed by atoms with van der Waals surface area (Å²) in [7, 11) is 0. The maximum atomic E-state index is 10.5. The molecule has 0 spiro atoms. The molecule has 0 heterocycles. The summed E-state index contributed by atoms with van der Waals surface area (Å²) >= 11 is 0. The van der Waals surface area contributed by atoms with Crippen LogP contribution in [0.5, 0.6) is 0 Å². The van der Waals surface area contributed by atoms with Crippen LogP contribution in [0.25, 0.3) is 0 Å². The molecule has 0 bridgehead atoms. The summed E-state index contributed by atoms with van der Waals surface area (Å²) < 4.78 is 0. The van der Waals surface area contributed by atoms with Gasteiger partial charge in [0, 0.05) is 0 Å². The number of rotatable bonds is 3. The van der Waals surface area contributed by atoms with Crippen molar-refractivity contribution in [3.05, 3.63) is 23.8 Å². The van der Waals surface area contributed by atoms with Gasteiger partial charge in [-0.3, -0.25) is 0 Å². The van der Waals surface area contributed by atoms with E-state index in [4.69, 9.17) is 5.11 Å². The second-order valence-electron chi connectivity index (χ2n) is 2.91. The quantitative estimate of drug-likeness (QED) is 0.500. The summed E-state index contributed by atoms with van der Waals surface area (Å²) in [5.74, 6) is -0.649. The summed E-state index contributed by atoms with van der Waals surface area (Å²) in [6, 6.07) is 0. The molecule has 0 radical (unpaired) electrons. The maximum Gasteiger partial charge on any atom is 0.335 e. The molecule has 0 rings (SSSR count). The Morgan fingerprint density at radius 2 is 2.00 bits per heavy atom. The lowest BCUT2D eigenvalue weighted by Crippen LogP contribution is -2.02. The van der Waals surface area contributed by atoms with E-state index in [9.17, 15) is 4.79 Å². The van der Waals surface area contributed by atoms with Crippen LogP contribution in [0, 0.1) is 5.92 Å². The maximum absolute atomic E-state index is 10.5. The first-order chi connectivity index (χ1) is 4.95. The lowest BCUT2D eigenvalue weighted by Gasteiger charge is -2.02. The van der Waals surface area contributed by atoms with Crippen molar-refractivity contribution < 1.29 is 9.90 Å². The number of carboxylic acid groups (broad SMARTS) is 1. The van der Waals surface area contributed by atoms with Crippen molar-refractivity contribution in [3.63, 3.8) is 0 Å². The first-order valence-electron chi connectivity index (χ1n) is 3.56. The molecule has 0 unspecified atom stereocenters. The first kappa shape index (κ1) is 9.95. The van der Waals surface area contributed by atoms with E-state index >= 15 is 0 Å². The first-order valence-corrected chi connectivity index (χ1v) is 3.56. The number of carbonyl (C=O) groups is 1. The lowest BCUT2D eigenvalue weighted by molar-refractivity contribution is -0.132. The minimum atomic E-state index is -0.897. The SMILES string of the molecule is C=C(C)/C(=C/C(C)C)C(=O)O. The van der Waals surface area contributed by atoms with Gasteiger partial charge in [-0.05, 0) is 18.4 Å². The van der Waals surface area contributed by atoms with E-state index in [0.29, 0.717) is 11.1 Å². The third kappa shape index (κ3) is 3.61. The predicted octanol–water partition coefficient (Wildman–Crippen LogP) is 2.23. The number of hydrogen-bond donors (Lipinski definition) is 1. The minimum absolute atomic E-state index is 0.248. The Morgan fingerprint density at radius 3 is 2.09 bits per heavy atom. The zero-order chi connectivity index (χ0) is 9.02. The Kier molecular flexibility index (Phi) is 3.58. The van der Waals surface area contributed by atoms with Crippen LogP contribution in [0.3, 0.4) is 0 Å². The zero-order valence-electron chi connectivity index (χ0n) is 7.22. The lowest BCUT2D eigenvalue weighted by atomic mass is 10.0. The summed E-state index contributed by atoms with van der Waals surface area (Å²) in [5, 5.41) is 8.66. The van der Waals surface area contributed by atoms with Crippen molar-refractivity contribution in [2.24, 2.45) is 5.92 Å². The molecule has 2 nitrogen and oxygen atoms in total. The van der Waals surface area contributed by atoms with Crippen molar-refractivity contribution in [3.8, 4) is 0 Å². The molecule has 1 N–H and O–H groups in total. The Balaban J connectivity index is 4.60. The monoisotopic (exact) mass is 154 g/mol. The normalized spacial score (nSPS) is 11.8. The Labute approximate surface area is 67.2 Å². The Morgan fingerprint density at radius 1 is 1.55 bits per heavy atom. The smallest absolute Gasteiger partial charge is 0.335 e. The van der Waals surface area contributed by atoms with E-state index in [1.807, 2.05) is 13.8 Å². The molecule has 2 heteroatoms. The standard InChI is InChI=1S/C9H14O2/c1-6(2)5-8(7(3)4)9(10)11/h5-6H,3H2,1-2,4H3,(H,10,11)/b8-5-. The molecule has 0 aliphatic rings. The van der Waals surface area contributed by atoms with Gasteiger partial charge in [0.15, 0.2) is 0 Å². The van der Waals surface area contributed by atoms with Crippen LogP contribution in [0.2, 0.25) is 0 Å².